The number of esters is 2. The van der Waals surface area contributed by atoms with Crippen molar-refractivity contribution in [3.63, 3.8) is 0 Å². The molecule has 2 aliphatic heterocycles. The zero-order valence-corrected chi connectivity index (χ0v) is 18.0. The van der Waals surface area contributed by atoms with Gasteiger partial charge in [-0.15, -0.1) is 0 Å². The number of carbonyl (C=O) groups excluding carboxylic acids is 2. The first-order valence-electron chi connectivity index (χ1n) is 11.7. The third-order valence-corrected chi connectivity index (χ3v) is 7.41. The van der Waals surface area contributed by atoms with E-state index in [0.717, 1.165) is 71.2 Å². The van der Waals surface area contributed by atoms with Crippen molar-refractivity contribution in [2.24, 2.45) is 29.1 Å². The van der Waals surface area contributed by atoms with Crippen molar-refractivity contribution >= 4 is 11.9 Å². The molecule has 5 nitrogen and oxygen atoms in total. The molecule has 2 aliphatic carbocycles. The lowest BCUT2D eigenvalue weighted by Gasteiger charge is -2.33. The summed E-state index contributed by atoms with van der Waals surface area (Å²) in [4.78, 5) is 25.1. The molecule has 0 aromatic heterocycles. The minimum atomic E-state index is -0.314. The summed E-state index contributed by atoms with van der Waals surface area (Å²) in [5.74, 6) is -1.06. The maximum Gasteiger partial charge on any atom is 0.318 e. The van der Waals surface area contributed by atoms with Crippen molar-refractivity contribution in [3.05, 3.63) is 11.6 Å². The van der Waals surface area contributed by atoms with Crippen molar-refractivity contribution in [1.29, 1.82) is 0 Å². The molecule has 29 heavy (non-hydrogen) atoms. The van der Waals surface area contributed by atoms with E-state index >= 15 is 0 Å². The van der Waals surface area contributed by atoms with Gasteiger partial charge in [-0.3, -0.25) is 9.59 Å². The predicted octanol–water partition coefficient (Wildman–Crippen LogP) is 4.44. The molecule has 5 heteroatoms. The highest BCUT2D eigenvalue weighted by Gasteiger charge is 2.60. The summed E-state index contributed by atoms with van der Waals surface area (Å²) in [6.07, 6.45) is 11.9. The minimum absolute atomic E-state index is 0.0292. The Labute approximate surface area is 174 Å². The zero-order chi connectivity index (χ0) is 20.4. The standard InChI is InChI=1S/C24H36O5/c1-24(2)15-18-17-14-16(19-20(18)23(26)29-22(19)25)10-6-5-8-12-27-11-7-3-4-9-13-28-21(17)24/h14,16,18-21H,3-13,15H2,1-2H3/t16-,18+,19-,20+,21-/m0/s1. The van der Waals surface area contributed by atoms with Gasteiger partial charge in [0, 0.05) is 19.8 Å². The minimum Gasteiger partial charge on any atom is -0.393 e. The van der Waals surface area contributed by atoms with Crippen LogP contribution in [0.5, 0.6) is 0 Å². The van der Waals surface area contributed by atoms with Crippen molar-refractivity contribution in [2.45, 2.75) is 77.7 Å². The predicted molar refractivity (Wildman–Crippen MR) is 109 cm³/mol. The number of rotatable bonds is 0. The fraction of sp³-hybridized carbons (Fsp3) is 0.833. The van der Waals surface area contributed by atoms with Crippen LogP contribution in [0.4, 0.5) is 0 Å². The third-order valence-electron chi connectivity index (χ3n) is 7.41. The van der Waals surface area contributed by atoms with E-state index in [2.05, 4.69) is 19.9 Å². The molecular formula is C24H36O5. The Morgan fingerprint density at radius 2 is 1.52 bits per heavy atom. The van der Waals surface area contributed by atoms with Gasteiger partial charge < -0.3 is 14.2 Å². The topological polar surface area (TPSA) is 61.8 Å². The molecule has 4 aliphatic rings. The zero-order valence-electron chi connectivity index (χ0n) is 18.0. The van der Waals surface area contributed by atoms with E-state index in [-0.39, 0.29) is 47.1 Å². The molecule has 0 N–H and O–H groups in total. The summed E-state index contributed by atoms with van der Waals surface area (Å²) in [6, 6.07) is 0. The number of cyclic esters (lactones) is 2. The van der Waals surface area contributed by atoms with Gasteiger partial charge in [0.25, 0.3) is 0 Å². The molecule has 4 rings (SSSR count). The Hall–Kier alpha value is -1.20. The van der Waals surface area contributed by atoms with E-state index in [9.17, 15) is 9.59 Å². The SMILES string of the molecule is CC1(C)C[C@@H]2C3=C[C@H](CCCCCOCCCCCCO[C@@H]31)[C@@H]1C(=O)OC(=O)[C@@H]12. The van der Waals surface area contributed by atoms with Gasteiger partial charge in [0.1, 0.15) is 0 Å². The molecule has 1 saturated heterocycles. The summed E-state index contributed by atoms with van der Waals surface area (Å²) in [7, 11) is 0. The molecule has 162 valence electrons. The molecule has 2 fully saturated rings. The number of hydrogen-bond donors (Lipinski definition) is 0. The Morgan fingerprint density at radius 1 is 0.862 bits per heavy atom. The van der Waals surface area contributed by atoms with Gasteiger partial charge in [0.2, 0.25) is 0 Å². The summed E-state index contributed by atoms with van der Waals surface area (Å²) >= 11 is 0. The van der Waals surface area contributed by atoms with E-state index in [4.69, 9.17) is 14.2 Å². The molecule has 5 atom stereocenters. The van der Waals surface area contributed by atoms with Gasteiger partial charge >= 0.3 is 11.9 Å². The second-order valence-corrected chi connectivity index (χ2v) is 10.0. The summed E-state index contributed by atoms with van der Waals surface area (Å²) in [5.41, 5.74) is 1.24. The highest BCUT2D eigenvalue weighted by Crippen LogP contribution is 2.57. The van der Waals surface area contributed by atoms with E-state index in [0.29, 0.717) is 0 Å². The average molecular weight is 405 g/mol. The van der Waals surface area contributed by atoms with Crippen molar-refractivity contribution in [1.82, 2.24) is 0 Å². The second kappa shape index (κ2) is 8.89. The largest absolute Gasteiger partial charge is 0.393 e. The molecule has 0 spiro atoms. The summed E-state index contributed by atoms with van der Waals surface area (Å²) in [5, 5.41) is 0. The molecule has 0 unspecified atom stereocenters. The van der Waals surface area contributed by atoms with Crippen LogP contribution in [0.15, 0.2) is 11.6 Å². The Kier molecular flexibility index (Phi) is 6.45. The smallest absolute Gasteiger partial charge is 0.318 e. The lowest BCUT2D eigenvalue weighted by atomic mass is 9.67. The lowest BCUT2D eigenvalue weighted by molar-refractivity contribution is -0.154. The normalized spacial score (nSPS) is 38.7. The maximum absolute atomic E-state index is 12.6. The van der Waals surface area contributed by atoms with Crippen molar-refractivity contribution < 1.29 is 23.8 Å². The fourth-order valence-corrected chi connectivity index (χ4v) is 6.03. The van der Waals surface area contributed by atoms with Gasteiger partial charge in [-0.2, -0.15) is 0 Å². The molecule has 0 radical (unpaired) electrons. The van der Waals surface area contributed by atoms with Gasteiger partial charge in [0.15, 0.2) is 0 Å². The maximum atomic E-state index is 12.6. The monoisotopic (exact) mass is 404 g/mol. The van der Waals surface area contributed by atoms with Crippen LogP contribution in [0.1, 0.15) is 71.6 Å². The fourth-order valence-electron chi connectivity index (χ4n) is 6.03. The molecule has 0 aromatic rings. The number of carbonyl (C=O) groups is 2. The van der Waals surface area contributed by atoms with Crippen LogP contribution >= 0.6 is 0 Å². The van der Waals surface area contributed by atoms with Crippen molar-refractivity contribution in [2.75, 3.05) is 19.8 Å². The molecule has 0 amide bonds. The van der Waals surface area contributed by atoms with Crippen LogP contribution in [0.3, 0.4) is 0 Å². The quantitative estimate of drug-likeness (QED) is 0.339. The van der Waals surface area contributed by atoms with Gasteiger partial charge in [-0.05, 0) is 54.9 Å². The second-order valence-electron chi connectivity index (χ2n) is 10.0. The average Bonchev–Trinajstić information content (AvgIpc) is 3.10. The van der Waals surface area contributed by atoms with E-state index in [1.54, 1.807) is 0 Å². The number of allylic oxidation sites excluding steroid dienone is 1. The van der Waals surface area contributed by atoms with Gasteiger partial charge in [-0.1, -0.05) is 45.6 Å². The number of fused-ring (bicyclic) bond motifs is 4. The van der Waals surface area contributed by atoms with E-state index < -0.39 is 0 Å². The first-order valence-corrected chi connectivity index (χ1v) is 11.7. The molecule has 2 heterocycles. The van der Waals surface area contributed by atoms with Gasteiger partial charge in [0.05, 0.1) is 17.9 Å². The molecule has 2 bridgehead atoms. The van der Waals surface area contributed by atoms with Gasteiger partial charge in [-0.25, -0.2) is 0 Å². The van der Waals surface area contributed by atoms with Crippen LogP contribution in [0.25, 0.3) is 0 Å². The highest BCUT2D eigenvalue weighted by molar-refractivity contribution is 5.97. The Morgan fingerprint density at radius 3 is 2.28 bits per heavy atom. The van der Waals surface area contributed by atoms with Crippen LogP contribution in [-0.4, -0.2) is 37.9 Å². The van der Waals surface area contributed by atoms with Crippen LogP contribution in [0, 0.1) is 29.1 Å². The third kappa shape index (κ3) is 4.32. The van der Waals surface area contributed by atoms with Crippen LogP contribution < -0.4 is 0 Å². The molecule has 0 aromatic carbocycles. The van der Waals surface area contributed by atoms with E-state index in [1.807, 2.05) is 0 Å². The first kappa shape index (κ1) is 21.0. The summed E-state index contributed by atoms with van der Waals surface area (Å²) in [6.45, 7) is 6.90. The van der Waals surface area contributed by atoms with Crippen LogP contribution in [-0.2, 0) is 23.8 Å². The Balaban J connectivity index is 1.58. The van der Waals surface area contributed by atoms with E-state index in [1.165, 1.54) is 12.0 Å². The van der Waals surface area contributed by atoms with Crippen LogP contribution in [0.2, 0.25) is 0 Å². The Bertz CT molecular complexity index is 652. The lowest BCUT2D eigenvalue weighted by Crippen LogP contribution is -2.36. The summed E-state index contributed by atoms with van der Waals surface area (Å²) < 4.78 is 17.3. The molecular weight excluding hydrogens is 368 g/mol. The van der Waals surface area contributed by atoms with Crippen molar-refractivity contribution in [3.8, 4) is 0 Å². The first-order chi connectivity index (χ1) is 14.0. The number of ether oxygens (including phenoxy) is 3. The molecule has 1 saturated carbocycles. The number of hydrogen-bond acceptors (Lipinski definition) is 5. The highest BCUT2D eigenvalue weighted by atomic mass is 16.6.